The molecule has 2 N–H and O–H groups in total. The van der Waals surface area contributed by atoms with Crippen LogP contribution in [0.15, 0.2) is 42.5 Å². The fraction of sp³-hybridized carbons (Fsp3) is 0.318. The molecule has 3 rings (SSSR count). The van der Waals surface area contributed by atoms with Gasteiger partial charge in [-0.05, 0) is 63.2 Å². The van der Waals surface area contributed by atoms with Crippen LogP contribution in [0, 0.1) is 0 Å². The van der Waals surface area contributed by atoms with E-state index in [1.54, 1.807) is 42.5 Å². The van der Waals surface area contributed by atoms with Crippen molar-refractivity contribution in [1.29, 1.82) is 0 Å². The Morgan fingerprint density at radius 1 is 1.17 bits per heavy atom. The molecule has 8 heteroatoms. The SMILES string of the molecule is CCOc1ccc(NC(=O)c2ccc3c(c2)N(CC(=O)NC(C)C)C(=O)CO3)cc1. The lowest BCUT2D eigenvalue weighted by atomic mass is 10.1. The van der Waals surface area contributed by atoms with Gasteiger partial charge in [0.25, 0.3) is 11.8 Å². The highest BCUT2D eigenvalue weighted by Crippen LogP contribution is 2.33. The lowest BCUT2D eigenvalue weighted by Crippen LogP contribution is -2.46. The fourth-order valence-electron chi connectivity index (χ4n) is 3.03. The molecule has 0 atom stereocenters. The molecule has 2 aromatic carbocycles. The van der Waals surface area contributed by atoms with Gasteiger partial charge in [0.05, 0.1) is 12.3 Å². The maximum atomic E-state index is 12.7. The molecule has 8 nitrogen and oxygen atoms in total. The van der Waals surface area contributed by atoms with E-state index in [2.05, 4.69) is 10.6 Å². The monoisotopic (exact) mass is 411 g/mol. The Morgan fingerprint density at radius 3 is 2.57 bits per heavy atom. The van der Waals surface area contributed by atoms with Crippen molar-refractivity contribution in [2.75, 3.05) is 30.0 Å². The Hall–Kier alpha value is -3.55. The number of nitrogens with zero attached hydrogens (tertiary/aromatic N) is 1. The number of hydrogen-bond donors (Lipinski definition) is 2. The van der Waals surface area contributed by atoms with Crippen molar-refractivity contribution in [3.63, 3.8) is 0 Å². The topological polar surface area (TPSA) is 97.0 Å². The molecule has 3 amide bonds. The quantitative estimate of drug-likeness (QED) is 0.730. The van der Waals surface area contributed by atoms with E-state index in [1.807, 2.05) is 20.8 Å². The van der Waals surface area contributed by atoms with Gasteiger partial charge in [-0.2, -0.15) is 0 Å². The summed E-state index contributed by atoms with van der Waals surface area (Å²) in [7, 11) is 0. The molecule has 0 fully saturated rings. The van der Waals surface area contributed by atoms with Crippen molar-refractivity contribution in [3.05, 3.63) is 48.0 Å². The molecule has 1 aliphatic rings. The van der Waals surface area contributed by atoms with Gasteiger partial charge in [0.15, 0.2) is 6.61 Å². The Morgan fingerprint density at radius 2 is 1.90 bits per heavy atom. The van der Waals surface area contributed by atoms with Gasteiger partial charge in [-0.3, -0.25) is 19.3 Å². The van der Waals surface area contributed by atoms with Crippen LogP contribution in [0.4, 0.5) is 11.4 Å². The highest BCUT2D eigenvalue weighted by molar-refractivity contribution is 6.07. The molecule has 0 saturated carbocycles. The standard InChI is InChI=1S/C22H25N3O5/c1-4-29-17-8-6-16(7-9-17)24-22(28)15-5-10-19-18(11-15)25(21(27)13-30-19)12-20(26)23-14(2)3/h5-11,14H,4,12-13H2,1-3H3,(H,23,26)(H,24,28). The van der Waals surface area contributed by atoms with E-state index < -0.39 is 0 Å². The zero-order chi connectivity index (χ0) is 21.7. The van der Waals surface area contributed by atoms with Crippen LogP contribution in [0.2, 0.25) is 0 Å². The molecule has 30 heavy (non-hydrogen) atoms. The number of fused-ring (bicyclic) bond motifs is 1. The van der Waals surface area contributed by atoms with Crippen LogP contribution in [-0.4, -0.2) is 43.5 Å². The van der Waals surface area contributed by atoms with Gasteiger partial charge in [0.2, 0.25) is 5.91 Å². The average molecular weight is 411 g/mol. The van der Waals surface area contributed by atoms with Crippen LogP contribution >= 0.6 is 0 Å². The van der Waals surface area contributed by atoms with Crippen LogP contribution in [0.25, 0.3) is 0 Å². The second-order valence-corrected chi connectivity index (χ2v) is 7.08. The number of hydrogen-bond acceptors (Lipinski definition) is 5. The number of anilines is 2. The molecule has 0 bridgehead atoms. The predicted molar refractivity (Wildman–Crippen MR) is 113 cm³/mol. The lowest BCUT2D eigenvalue weighted by molar-refractivity contribution is -0.125. The lowest BCUT2D eigenvalue weighted by Gasteiger charge is -2.29. The molecule has 1 aliphatic heterocycles. The Balaban J connectivity index is 1.78. The number of ether oxygens (including phenoxy) is 2. The Labute approximate surface area is 175 Å². The molecular formula is C22H25N3O5. The molecule has 0 spiro atoms. The highest BCUT2D eigenvalue weighted by Gasteiger charge is 2.28. The molecule has 158 valence electrons. The van der Waals surface area contributed by atoms with Crippen LogP contribution in [0.5, 0.6) is 11.5 Å². The third-order valence-corrected chi connectivity index (χ3v) is 4.34. The summed E-state index contributed by atoms with van der Waals surface area (Å²) in [5.41, 5.74) is 1.35. The molecule has 0 saturated heterocycles. The highest BCUT2D eigenvalue weighted by atomic mass is 16.5. The first-order valence-corrected chi connectivity index (χ1v) is 9.78. The van der Waals surface area contributed by atoms with Gasteiger partial charge in [-0.25, -0.2) is 0 Å². The summed E-state index contributed by atoms with van der Waals surface area (Å²) in [5, 5.41) is 5.57. The van der Waals surface area contributed by atoms with Gasteiger partial charge in [-0.15, -0.1) is 0 Å². The zero-order valence-corrected chi connectivity index (χ0v) is 17.2. The minimum Gasteiger partial charge on any atom is -0.494 e. The summed E-state index contributed by atoms with van der Waals surface area (Å²) in [5.74, 6) is 0.201. The number of carbonyl (C=O) groups is 3. The van der Waals surface area contributed by atoms with Gasteiger partial charge < -0.3 is 20.1 Å². The third-order valence-electron chi connectivity index (χ3n) is 4.34. The van der Waals surface area contributed by atoms with Gasteiger partial charge in [0.1, 0.15) is 18.0 Å². The van der Waals surface area contributed by atoms with E-state index >= 15 is 0 Å². The first-order chi connectivity index (χ1) is 14.4. The van der Waals surface area contributed by atoms with Crippen molar-refractivity contribution < 1.29 is 23.9 Å². The number of benzene rings is 2. The van der Waals surface area contributed by atoms with Gasteiger partial charge >= 0.3 is 0 Å². The van der Waals surface area contributed by atoms with Crippen molar-refractivity contribution >= 4 is 29.1 Å². The summed E-state index contributed by atoms with van der Waals surface area (Å²) < 4.78 is 10.8. The number of rotatable bonds is 7. The maximum absolute atomic E-state index is 12.7. The smallest absolute Gasteiger partial charge is 0.265 e. The normalized spacial score (nSPS) is 12.8. The predicted octanol–water partition coefficient (Wildman–Crippen LogP) is 2.59. The minimum atomic E-state index is -0.342. The summed E-state index contributed by atoms with van der Waals surface area (Å²) in [6.07, 6.45) is 0. The van der Waals surface area contributed by atoms with Crippen LogP contribution in [0.1, 0.15) is 31.1 Å². The molecule has 1 heterocycles. The van der Waals surface area contributed by atoms with Crippen molar-refractivity contribution in [2.45, 2.75) is 26.8 Å². The summed E-state index contributed by atoms with van der Waals surface area (Å²) in [6, 6.07) is 11.8. The van der Waals surface area contributed by atoms with E-state index in [0.29, 0.717) is 29.3 Å². The van der Waals surface area contributed by atoms with Gasteiger partial charge in [0, 0.05) is 17.3 Å². The van der Waals surface area contributed by atoms with Crippen LogP contribution in [0.3, 0.4) is 0 Å². The van der Waals surface area contributed by atoms with E-state index in [1.165, 1.54) is 4.90 Å². The second kappa shape index (κ2) is 9.30. The minimum absolute atomic E-state index is 0.0423. The number of amides is 3. The Bertz CT molecular complexity index is 940. The van der Waals surface area contributed by atoms with Gasteiger partial charge in [-0.1, -0.05) is 0 Å². The average Bonchev–Trinajstić information content (AvgIpc) is 2.71. The summed E-state index contributed by atoms with van der Waals surface area (Å²) in [6.45, 7) is 5.85. The molecule has 2 aromatic rings. The molecule has 0 aliphatic carbocycles. The van der Waals surface area contributed by atoms with E-state index in [9.17, 15) is 14.4 Å². The number of carbonyl (C=O) groups excluding carboxylic acids is 3. The first-order valence-electron chi connectivity index (χ1n) is 9.78. The molecule has 0 aromatic heterocycles. The van der Waals surface area contributed by atoms with Crippen molar-refractivity contribution in [1.82, 2.24) is 5.32 Å². The second-order valence-electron chi connectivity index (χ2n) is 7.08. The third kappa shape index (κ3) is 5.08. The molecular weight excluding hydrogens is 386 g/mol. The van der Waals surface area contributed by atoms with E-state index in [4.69, 9.17) is 9.47 Å². The largest absolute Gasteiger partial charge is 0.494 e. The van der Waals surface area contributed by atoms with Crippen LogP contribution < -0.4 is 25.0 Å². The summed E-state index contributed by atoms with van der Waals surface area (Å²) >= 11 is 0. The fourth-order valence-corrected chi connectivity index (χ4v) is 3.03. The number of nitrogens with one attached hydrogen (secondary N) is 2. The van der Waals surface area contributed by atoms with Crippen LogP contribution in [-0.2, 0) is 9.59 Å². The first kappa shape index (κ1) is 21.2. The summed E-state index contributed by atoms with van der Waals surface area (Å²) in [4.78, 5) is 38.6. The van der Waals surface area contributed by atoms with Crippen molar-refractivity contribution in [2.24, 2.45) is 0 Å². The molecule has 0 radical (unpaired) electrons. The Kier molecular flexibility index (Phi) is 6.56. The molecule has 0 unspecified atom stereocenters. The van der Waals surface area contributed by atoms with E-state index in [0.717, 1.165) is 5.75 Å². The zero-order valence-electron chi connectivity index (χ0n) is 17.2. The maximum Gasteiger partial charge on any atom is 0.265 e. The van der Waals surface area contributed by atoms with E-state index in [-0.39, 0.29) is 36.9 Å². The van der Waals surface area contributed by atoms with Crippen molar-refractivity contribution in [3.8, 4) is 11.5 Å².